The van der Waals surface area contributed by atoms with Crippen LogP contribution in [-0.2, 0) is 4.79 Å². The van der Waals surface area contributed by atoms with Gasteiger partial charge in [-0.3, -0.25) is 4.79 Å². The van der Waals surface area contributed by atoms with E-state index in [4.69, 9.17) is 0 Å². The number of rotatable bonds is 9. The minimum absolute atomic E-state index is 0.361. The summed E-state index contributed by atoms with van der Waals surface area (Å²) in [6, 6.07) is 0.361. The first kappa shape index (κ1) is 12.5. The largest absolute Gasteiger partial charge is 0.345 e. The Morgan fingerprint density at radius 3 is 2.38 bits per heavy atom. The molecule has 0 aliphatic carbocycles. The van der Waals surface area contributed by atoms with Crippen LogP contribution in [0.2, 0.25) is 0 Å². The Balaban J connectivity index is 3.38. The maximum atomic E-state index is 10.1. The summed E-state index contributed by atoms with van der Waals surface area (Å²) < 4.78 is 0. The molecule has 1 atom stereocenters. The minimum atomic E-state index is 0.361. The molecule has 13 heavy (non-hydrogen) atoms. The van der Waals surface area contributed by atoms with Crippen LogP contribution in [0.5, 0.6) is 0 Å². The zero-order valence-corrected chi connectivity index (χ0v) is 8.94. The van der Waals surface area contributed by atoms with Gasteiger partial charge in [0.25, 0.3) is 0 Å². The molecule has 77 valence electrons. The summed E-state index contributed by atoms with van der Waals surface area (Å²) in [5.74, 6) is 0. The van der Waals surface area contributed by atoms with Crippen LogP contribution in [0.25, 0.3) is 0 Å². The maximum absolute atomic E-state index is 10.1. The van der Waals surface area contributed by atoms with E-state index in [0.717, 1.165) is 19.3 Å². The van der Waals surface area contributed by atoms with Crippen LogP contribution in [0.15, 0.2) is 0 Å². The van der Waals surface area contributed by atoms with Crippen molar-refractivity contribution in [3.63, 3.8) is 0 Å². The Kier molecular flexibility index (Phi) is 9.17. The Morgan fingerprint density at radius 1 is 1.08 bits per heavy atom. The standard InChI is InChI=1S/C11H22NO/c1-3-5-6-7-9-11(8-4-2)12-10-13/h11H,3-9H2,1-2H3,(H,12,13). The van der Waals surface area contributed by atoms with Gasteiger partial charge < -0.3 is 5.32 Å². The molecule has 0 aromatic carbocycles. The Bertz CT molecular complexity index is 115. The molecule has 0 rings (SSSR count). The highest BCUT2D eigenvalue weighted by Crippen LogP contribution is 2.08. The normalized spacial score (nSPS) is 12.5. The minimum Gasteiger partial charge on any atom is -0.345 e. The molecule has 2 nitrogen and oxygen atoms in total. The number of hydrogen-bond acceptors (Lipinski definition) is 1. The number of nitrogens with one attached hydrogen (secondary N) is 1. The molecule has 0 bridgehead atoms. The third kappa shape index (κ3) is 7.82. The van der Waals surface area contributed by atoms with Crippen molar-refractivity contribution < 1.29 is 4.79 Å². The van der Waals surface area contributed by atoms with Crippen LogP contribution in [-0.4, -0.2) is 12.5 Å². The van der Waals surface area contributed by atoms with Crippen molar-refractivity contribution in [1.29, 1.82) is 0 Å². The summed E-state index contributed by atoms with van der Waals surface area (Å²) in [6.45, 7) is 4.35. The van der Waals surface area contributed by atoms with Crippen LogP contribution in [0, 0.1) is 0 Å². The highest BCUT2D eigenvalue weighted by Gasteiger charge is 2.05. The van der Waals surface area contributed by atoms with E-state index in [-0.39, 0.29) is 0 Å². The van der Waals surface area contributed by atoms with Crippen molar-refractivity contribution in [3.8, 4) is 0 Å². The lowest BCUT2D eigenvalue weighted by Gasteiger charge is -2.13. The van der Waals surface area contributed by atoms with E-state index >= 15 is 0 Å². The first-order chi connectivity index (χ1) is 6.35. The topological polar surface area (TPSA) is 29.1 Å². The van der Waals surface area contributed by atoms with Gasteiger partial charge in [-0.2, -0.15) is 0 Å². The summed E-state index contributed by atoms with van der Waals surface area (Å²) in [6.07, 6.45) is 10.2. The van der Waals surface area contributed by atoms with Gasteiger partial charge in [0.2, 0.25) is 0 Å². The second-order valence-electron chi connectivity index (χ2n) is 3.58. The second kappa shape index (κ2) is 9.56. The quantitative estimate of drug-likeness (QED) is 0.433. The molecule has 0 aromatic heterocycles. The molecule has 0 spiro atoms. The van der Waals surface area contributed by atoms with Gasteiger partial charge in [0.05, 0.1) is 0 Å². The summed E-state index contributed by atoms with van der Waals surface area (Å²) in [7, 11) is 0. The first-order valence-electron chi connectivity index (χ1n) is 5.47. The third-order valence-corrected chi connectivity index (χ3v) is 2.31. The third-order valence-electron chi connectivity index (χ3n) is 2.31. The molecule has 1 unspecified atom stereocenters. The van der Waals surface area contributed by atoms with E-state index in [2.05, 4.69) is 19.2 Å². The lowest BCUT2D eigenvalue weighted by atomic mass is 10.0. The van der Waals surface area contributed by atoms with Gasteiger partial charge in [-0.05, 0) is 12.8 Å². The van der Waals surface area contributed by atoms with E-state index in [1.165, 1.54) is 25.7 Å². The fraction of sp³-hybridized carbons (Fsp3) is 0.909. The van der Waals surface area contributed by atoms with E-state index in [0.29, 0.717) is 6.04 Å². The van der Waals surface area contributed by atoms with Gasteiger partial charge in [-0.15, -0.1) is 0 Å². The molecule has 0 aliphatic heterocycles. The van der Waals surface area contributed by atoms with Crippen LogP contribution >= 0.6 is 0 Å². The van der Waals surface area contributed by atoms with Gasteiger partial charge in [0, 0.05) is 6.04 Å². The molecule has 0 saturated heterocycles. The number of carbonyl (C=O) groups excluding carboxylic acids is 1. The van der Waals surface area contributed by atoms with E-state index in [1.54, 1.807) is 6.41 Å². The van der Waals surface area contributed by atoms with Crippen molar-refractivity contribution in [1.82, 2.24) is 5.32 Å². The fourth-order valence-corrected chi connectivity index (χ4v) is 1.54. The predicted molar refractivity (Wildman–Crippen MR) is 56.3 cm³/mol. The number of amides is 1. The van der Waals surface area contributed by atoms with E-state index in [9.17, 15) is 4.79 Å². The zero-order valence-electron chi connectivity index (χ0n) is 8.94. The summed E-state index contributed by atoms with van der Waals surface area (Å²) in [4.78, 5) is 10.1. The van der Waals surface area contributed by atoms with Gasteiger partial charge in [-0.1, -0.05) is 46.0 Å². The molecule has 0 aliphatic rings. The Morgan fingerprint density at radius 2 is 1.85 bits per heavy atom. The molecular formula is C11H22NO. The molecular weight excluding hydrogens is 162 g/mol. The average Bonchev–Trinajstić information content (AvgIpc) is 2.13. The molecule has 0 saturated carbocycles. The number of hydrogen-bond donors (Lipinski definition) is 1. The van der Waals surface area contributed by atoms with Crippen molar-refractivity contribution in [2.24, 2.45) is 0 Å². The van der Waals surface area contributed by atoms with Crippen molar-refractivity contribution >= 4 is 6.41 Å². The van der Waals surface area contributed by atoms with Crippen molar-refractivity contribution in [2.45, 2.75) is 64.8 Å². The monoisotopic (exact) mass is 184 g/mol. The summed E-state index contributed by atoms with van der Waals surface area (Å²) in [5.41, 5.74) is 0. The van der Waals surface area contributed by atoms with Crippen molar-refractivity contribution in [3.05, 3.63) is 0 Å². The van der Waals surface area contributed by atoms with Crippen LogP contribution in [0.4, 0.5) is 0 Å². The van der Waals surface area contributed by atoms with Gasteiger partial charge in [-0.25, -0.2) is 0 Å². The van der Waals surface area contributed by atoms with E-state index < -0.39 is 0 Å². The Hall–Kier alpha value is -0.530. The second-order valence-corrected chi connectivity index (χ2v) is 3.58. The molecule has 1 amide bonds. The smallest absolute Gasteiger partial charge is 0.309 e. The SMILES string of the molecule is CCCCCCC(CCC)N[C]=O. The summed E-state index contributed by atoms with van der Waals surface area (Å²) >= 11 is 0. The summed E-state index contributed by atoms with van der Waals surface area (Å²) in [5, 5.41) is 2.75. The first-order valence-corrected chi connectivity index (χ1v) is 5.47. The molecule has 1 N–H and O–H groups in total. The lowest BCUT2D eigenvalue weighted by molar-refractivity contribution is 0.459. The Labute approximate surface area is 82.1 Å². The van der Waals surface area contributed by atoms with Crippen molar-refractivity contribution in [2.75, 3.05) is 0 Å². The van der Waals surface area contributed by atoms with E-state index in [1.807, 2.05) is 0 Å². The molecule has 1 radical (unpaired) electrons. The molecule has 0 heterocycles. The van der Waals surface area contributed by atoms with Gasteiger partial charge >= 0.3 is 6.41 Å². The fourth-order valence-electron chi connectivity index (χ4n) is 1.54. The van der Waals surface area contributed by atoms with Crippen LogP contribution in [0.3, 0.4) is 0 Å². The lowest BCUT2D eigenvalue weighted by Crippen LogP contribution is -2.27. The number of unbranched alkanes of at least 4 members (excludes halogenated alkanes) is 3. The van der Waals surface area contributed by atoms with Crippen LogP contribution in [0.1, 0.15) is 58.8 Å². The molecule has 0 fully saturated rings. The highest BCUT2D eigenvalue weighted by molar-refractivity contribution is 5.47. The molecule has 2 heteroatoms. The molecule has 0 aromatic rings. The van der Waals surface area contributed by atoms with Gasteiger partial charge in [0.15, 0.2) is 0 Å². The predicted octanol–water partition coefficient (Wildman–Crippen LogP) is 2.78. The highest BCUT2D eigenvalue weighted by atomic mass is 16.1. The van der Waals surface area contributed by atoms with Crippen LogP contribution < -0.4 is 5.32 Å². The van der Waals surface area contributed by atoms with Gasteiger partial charge in [0.1, 0.15) is 0 Å². The maximum Gasteiger partial charge on any atom is 0.309 e. The zero-order chi connectivity index (χ0) is 9.94. The average molecular weight is 184 g/mol.